The zero-order valence-electron chi connectivity index (χ0n) is 19.9. The van der Waals surface area contributed by atoms with Gasteiger partial charge < -0.3 is 25.0 Å². The lowest BCUT2D eigenvalue weighted by atomic mass is 10.1. The number of pyridine rings is 1. The van der Waals surface area contributed by atoms with Gasteiger partial charge in [0.15, 0.2) is 11.5 Å². The molecule has 2 atom stereocenters. The van der Waals surface area contributed by atoms with E-state index in [0.29, 0.717) is 29.4 Å². The van der Waals surface area contributed by atoms with Crippen molar-refractivity contribution in [3.05, 3.63) is 66.4 Å². The predicted molar refractivity (Wildman–Crippen MR) is 138 cm³/mol. The number of rotatable bonds is 5. The molecule has 2 N–H and O–H groups in total. The number of benzene rings is 2. The molecule has 2 aromatic carbocycles. The lowest BCUT2D eigenvalue weighted by Gasteiger charge is -2.45. The van der Waals surface area contributed by atoms with Crippen molar-refractivity contribution in [1.29, 1.82) is 0 Å². The average Bonchev–Trinajstić information content (AvgIpc) is 2.85. The number of ether oxygens (including phenoxy) is 2. The largest absolute Gasteiger partial charge is 0.493 e. The van der Waals surface area contributed by atoms with Crippen LogP contribution in [-0.4, -0.2) is 55.2 Å². The molecule has 0 spiro atoms. The topological polar surface area (TPSA) is 80.9 Å². The number of carbonyl (C=O) groups is 1. The number of nitrogen functional groups attached to an aromatic ring is 1. The third kappa shape index (κ3) is 5.04. The monoisotopic (exact) mass is 482 g/mol. The molecule has 1 saturated heterocycles. The number of halogens is 1. The summed E-state index contributed by atoms with van der Waals surface area (Å²) in [7, 11) is 3.20. The van der Waals surface area contributed by atoms with E-state index in [1.807, 2.05) is 59.5 Å². The molecule has 0 aliphatic carbocycles. The molecule has 3 aromatic rings. The van der Waals surface area contributed by atoms with Crippen LogP contribution in [0.15, 0.2) is 60.7 Å². The van der Waals surface area contributed by atoms with Gasteiger partial charge in [-0.05, 0) is 68.4 Å². The van der Waals surface area contributed by atoms with E-state index in [4.69, 9.17) is 15.2 Å². The zero-order valence-corrected chi connectivity index (χ0v) is 20.7. The van der Waals surface area contributed by atoms with Gasteiger partial charge >= 0.3 is 0 Å². The Hall–Kier alpha value is -3.45. The Morgan fingerprint density at radius 1 is 0.941 bits per heavy atom. The first-order valence-electron chi connectivity index (χ1n) is 11.0. The Kier molecular flexibility index (Phi) is 7.89. The van der Waals surface area contributed by atoms with Crippen LogP contribution in [0.4, 0.5) is 11.4 Å². The van der Waals surface area contributed by atoms with Crippen LogP contribution in [0.5, 0.6) is 11.5 Å². The fourth-order valence-electron chi connectivity index (χ4n) is 4.29. The molecule has 0 saturated carbocycles. The summed E-state index contributed by atoms with van der Waals surface area (Å²) in [5.41, 5.74) is 9.70. The van der Waals surface area contributed by atoms with Gasteiger partial charge in [0.25, 0.3) is 5.91 Å². The van der Waals surface area contributed by atoms with Gasteiger partial charge in [0.2, 0.25) is 0 Å². The van der Waals surface area contributed by atoms with E-state index in [0.717, 1.165) is 23.5 Å². The lowest BCUT2D eigenvalue weighted by Crippen LogP contribution is -2.58. The van der Waals surface area contributed by atoms with Crippen molar-refractivity contribution in [2.45, 2.75) is 25.9 Å². The summed E-state index contributed by atoms with van der Waals surface area (Å²) in [6.07, 6.45) is 0. The van der Waals surface area contributed by atoms with Gasteiger partial charge in [-0.15, -0.1) is 12.4 Å². The molecule has 1 aromatic heterocycles. The van der Waals surface area contributed by atoms with E-state index < -0.39 is 0 Å². The highest BCUT2D eigenvalue weighted by molar-refractivity contribution is 5.93. The maximum absolute atomic E-state index is 13.4. The van der Waals surface area contributed by atoms with Crippen molar-refractivity contribution in [3.63, 3.8) is 0 Å². The number of piperazine rings is 1. The minimum atomic E-state index is -0.0615. The highest BCUT2D eigenvalue weighted by Gasteiger charge is 2.33. The molecule has 2 heterocycles. The zero-order chi connectivity index (χ0) is 23.5. The number of amides is 1. The molecule has 1 fully saturated rings. The van der Waals surface area contributed by atoms with E-state index >= 15 is 0 Å². The average molecular weight is 483 g/mol. The van der Waals surface area contributed by atoms with Crippen LogP contribution in [0.2, 0.25) is 0 Å². The summed E-state index contributed by atoms with van der Waals surface area (Å²) in [6, 6.07) is 19.2. The summed E-state index contributed by atoms with van der Waals surface area (Å²) in [5, 5.41) is 0. The second-order valence-corrected chi connectivity index (χ2v) is 8.38. The van der Waals surface area contributed by atoms with Gasteiger partial charge in [0, 0.05) is 42.1 Å². The van der Waals surface area contributed by atoms with Crippen LogP contribution < -0.4 is 20.1 Å². The third-order valence-corrected chi connectivity index (χ3v) is 6.12. The van der Waals surface area contributed by atoms with Crippen LogP contribution in [0, 0.1) is 0 Å². The summed E-state index contributed by atoms with van der Waals surface area (Å²) in [6.45, 7) is 5.57. The molecular formula is C26H31ClN4O3. The predicted octanol–water partition coefficient (Wildman–Crippen LogP) is 4.51. The third-order valence-electron chi connectivity index (χ3n) is 6.12. The van der Waals surface area contributed by atoms with Crippen molar-refractivity contribution in [2.75, 3.05) is 37.9 Å². The lowest BCUT2D eigenvalue weighted by molar-refractivity contribution is 0.0639. The highest BCUT2D eigenvalue weighted by Crippen LogP contribution is 2.32. The normalized spacial score (nSPS) is 17.6. The van der Waals surface area contributed by atoms with E-state index in [2.05, 4.69) is 23.7 Å². The summed E-state index contributed by atoms with van der Waals surface area (Å²) in [5.74, 6) is 1.21. The van der Waals surface area contributed by atoms with Gasteiger partial charge in [-0.2, -0.15) is 0 Å². The van der Waals surface area contributed by atoms with Gasteiger partial charge in [0.05, 0.1) is 19.9 Å². The second kappa shape index (κ2) is 10.7. The van der Waals surface area contributed by atoms with Crippen molar-refractivity contribution < 1.29 is 14.3 Å². The van der Waals surface area contributed by atoms with E-state index in [1.54, 1.807) is 20.3 Å². The second-order valence-electron chi connectivity index (χ2n) is 8.38. The molecule has 4 rings (SSSR count). The van der Waals surface area contributed by atoms with Crippen LogP contribution in [-0.2, 0) is 0 Å². The molecule has 1 aliphatic heterocycles. The van der Waals surface area contributed by atoms with Crippen LogP contribution in [0.25, 0.3) is 11.3 Å². The smallest absolute Gasteiger partial charge is 0.272 e. The molecule has 8 heteroatoms. The minimum Gasteiger partial charge on any atom is -0.493 e. The van der Waals surface area contributed by atoms with Gasteiger partial charge in [-0.1, -0.05) is 6.07 Å². The minimum absolute atomic E-state index is 0. The van der Waals surface area contributed by atoms with Crippen molar-refractivity contribution in [1.82, 2.24) is 9.88 Å². The number of nitrogens with two attached hydrogens (primary N) is 1. The molecule has 1 aliphatic rings. The van der Waals surface area contributed by atoms with E-state index in [-0.39, 0.29) is 30.4 Å². The Morgan fingerprint density at radius 2 is 1.65 bits per heavy atom. The van der Waals surface area contributed by atoms with Crippen molar-refractivity contribution in [3.8, 4) is 22.8 Å². The van der Waals surface area contributed by atoms with E-state index in [9.17, 15) is 4.79 Å². The molecule has 0 radical (unpaired) electrons. The summed E-state index contributed by atoms with van der Waals surface area (Å²) >= 11 is 0. The molecule has 180 valence electrons. The number of hydrogen-bond acceptors (Lipinski definition) is 6. The first-order chi connectivity index (χ1) is 15.9. The Bertz CT molecular complexity index is 1140. The van der Waals surface area contributed by atoms with Crippen molar-refractivity contribution in [2.24, 2.45) is 0 Å². The van der Waals surface area contributed by atoms with Crippen LogP contribution in [0.3, 0.4) is 0 Å². The van der Waals surface area contributed by atoms with E-state index in [1.165, 1.54) is 0 Å². The Morgan fingerprint density at radius 3 is 2.32 bits per heavy atom. The Balaban J connectivity index is 0.00000324. The first-order valence-corrected chi connectivity index (χ1v) is 11.0. The molecule has 0 bridgehead atoms. The number of hydrogen-bond donors (Lipinski definition) is 1. The number of anilines is 2. The first kappa shape index (κ1) is 25.2. The molecular weight excluding hydrogens is 452 g/mol. The fourth-order valence-corrected chi connectivity index (χ4v) is 4.29. The maximum Gasteiger partial charge on any atom is 0.272 e. The molecule has 0 unspecified atom stereocenters. The number of aromatic nitrogens is 1. The van der Waals surface area contributed by atoms with Crippen LogP contribution >= 0.6 is 12.4 Å². The number of carbonyl (C=O) groups excluding carboxylic acids is 1. The molecule has 7 nitrogen and oxygen atoms in total. The standard InChI is InChI=1S/C26H30N4O3.ClH/c1-17-16-30(18(2)15-29(17)21-11-9-20(27)10-12-21)26(31)23-7-5-6-22(28-23)19-8-13-24(32-3)25(14-19)33-4;/h5-14,17-18H,15-16,27H2,1-4H3;1H/t17-,18+;/m0./s1. The SMILES string of the molecule is COc1ccc(-c2cccc(C(=O)N3C[C@H](C)N(c4ccc(N)cc4)C[C@H]3C)n2)cc1OC.Cl. The fraction of sp³-hybridized carbons (Fsp3) is 0.308. The number of nitrogens with zero attached hydrogens (tertiary/aromatic N) is 3. The van der Waals surface area contributed by atoms with Gasteiger partial charge in [0.1, 0.15) is 5.69 Å². The summed E-state index contributed by atoms with van der Waals surface area (Å²) < 4.78 is 10.7. The number of methoxy groups -OCH3 is 2. The maximum atomic E-state index is 13.4. The van der Waals surface area contributed by atoms with Gasteiger partial charge in [-0.25, -0.2) is 4.98 Å². The highest BCUT2D eigenvalue weighted by atomic mass is 35.5. The van der Waals surface area contributed by atoms with Crippen molar-refractivity contribution >= 4 is 29.7 Å². The molecule has 1 amide bonds. The van der Waals surface area contributed by atoms with Crippen LogP contribution in [0.1, 0.15) is 24.3 Å². The molecule has 34 heavy (non-hydrogen) atoms. The quantitative estimate of drug-likeness (QED) is 0.539. The Labute approximate surface area is 206 Å². The summed E-state index contributed by atoms with van der Waals surface area (Å²) in [4.78, 5) is 22.4. The van der Waals surface area contributed by atoms with Gasteiger partial charge in [-0.3, -0.25) is 4.79 Å².